The Morgan fingerprint density at radius 2 is 2.23 bits per heavy atom. The second-order valence-corrected chi connectivity index (χ2v) is 5.27. The third kappa shape index (κ3) is 3.36. The Labute approximate surface area is 146 Å². The molecule has 0 aromatic carbocycles. The van der Waals surface area contributed by atoms with Crippen LogP contribution in [0.5, 0.6) is 5.88 Å². The highest BCUT2D eigenvalue weighted by Crippen LogP contribution is 2.24. The number of methoxy groups -OCH3 is 1. The van der Waals surface area contributed by atoms with Crippen LogP contribution in [0.1, 0.15) is 5.56 Å². The van der Waals surface area contributed by atoms with E-state index in [2.05, 4.69) is 15.1 Å². The molecule has 9 nitrogen and oxygen atoms in total. The van der Waals surface area contributed by atoms with Crippen LogP contribution in [-0.2, 0) is 6.54 Å². The molecule has 3 heterocycles. The van der Waals surface area contributed by atoms with Crippen molar-refractivity contribution in [2.75, 3.05) is 25.2 Å². The molecular weight excluding hydrogens is 350 g/mol. The minimum atomic E-state index is -0.695. The summed E-state index contributed by atoms with van der Waals surface area (Å²) in [6.45, 7) is -0.687. The van der Waals surface area contributed by atoms with E-state index in [0.29, 0.717) is 5.56 Å². The van der Waals surface area contributed by atoms with Gasteiger partial charge in [0.25, 0.3) is 0 Å². The third-order valence-corrected chi connectivity index (χ3v) is 3.66. The monoisotopic (exact) mass is 364 g/mol. The summed E-state index contributed by atoms with van der Waals surface area (Å²) in [5, 5.41) is 14.9. The number of anilines is 1. The van der Waals surface area contributed by atoms with Crippen molar-refractivity contribution in [1.29, 1.82) is 0 Å². The first kappa shape index (κ1) is 17.5. The molecule has 3 aromatic heterocycles. The van der Waals surface area contributed by atoms with Gasteiger partial charge in [0.15, 0.2) is 0 Å². The largest absolute Gasteiger partial charge is 0.481 e. The molecule has 0 fully saturated rings. The number of aromatic nitrogens is 4. The van der Waals surface area contributed by atoms with Gasteiger partial charge in [-0.15, -0.1) is 0 Å². The first-order valence-electron chi connectivity index (χ1n) is 7.51. The molecule has 0 aliphatic carbocycles. The lowest BCUT2D eigenvalue weighted by Crippen LogP contribution is -2.26. The maximum absolute atomic E-state index is 13.5. The summed E-state index contributed by atoms with van der Waals surface area (Å²) in [5.74, 6) is -0.0763. The van der Waals surface area contributed by atoms with Crippen molar-refractivity contribution in [3.8, 4) is 5.88 Å². The number of hydrogen-bond donors (Lipinski definition) is 0. The molecule has 0 atom stereocenters. The van der Waals surface area contributed by atoms with Crippen LogP contribution in [0, 0.1) is 15.9 Å². The van der Waals surface area contributed by atoms with Gasteiger partial charge in [0.1, 0.15) is 24.5 Å². The molecule has 0 aliphatic rings. The molecule has 26 heavy (non-hydrogen) atoms. The van der Waals surface area contributed by atoms with Crippen LogP contribution < -0.4 is 9.64 Å². The highest BCUT2D eigenvalue weighted by molar-refractivity contribution is 5.61. The van der Waals surface area contributed by atoms with Crippen LogP contribution in [0.25, 0.3) is 5.65 Å². The van der Waals surface area contributed by atoms with E-state index in [9.17, 15) is 18.9 Å². The summed E-state index contributed by atoms with van der Waals surface area (Å²) in [5.41, 5.74) is 0.156. The summed E-state index contributed by atoms with van der Waals surface area (Å²) in [6.07, 6.45) is 3.59. The highest BCUT2D eigenvalue weighted by Gasteiger charge is 2.19. The standard InChI is InChI=1S/C15H14F2N6O3/c1-26-15-10(6-11(17)7-18-15)9-21(5-3-16)13-2-4-22-14(20-13)12(8-19-22)23(24)25/h2,4,6-8H,3,5,9H2,1H3. The molecule has 11 heteroatoms. The van der Waals surface area contributed by atoms with E-state index in [4.69, 9.17) is 4.74 Å². The van der Waals surface area contributed by atoms with Gasteiger partial charge in [0.05, 0.1) is 18.2 Å². The zero-order valence-electron chi connectivity index (χ0n) is 13.7. The van der Waals surface area contributed by atoms with Crippen molar-refractivity contribution in [3.63, 3.8) is 0 Å². The van der Waals surface area contributed by atoms with Crippen LogP contribution in [-0.4, -0.2) is 44.8 Å². The number of nitro groups is 1. The topological polar surface area (TPSA) is 98.7 Å². The molecule has 0 saturated heterocycles. The van der Waals surface area contributed by atoms with E-state index in [1.165, 1.54) is 28.8 Å². The second kappa shape index (κ2) is 7.25. The van der Waals surface area contributed by atoms with Gasteiger partial charge >= 0.3 is 5.69 Å². The van der Waals surface area contributed by atoms with Crippen molar-refractivity contribution in [2.24, 2.45) is 0 Å². The minimum absolute atomic E-state index is 0.0284. The molecular formula is C15H14F2N6O3. The number of halogens is 2. The number of nitrogens with zero attached hydrogens (tertiary/aromatic N) is 6. The number of pyridine rings is 1. The maximum atomic E-state index is 13.5. The van der Waals surface area contributed by atoms with E-state index >= 15 is 0 Å². The van der Waals surface area contributed by atoms with Gasteiger partial charge in [0.2, 0.25) is 11.5 Å². The second-order valence-electron chi connectivity index (χ2n) is 5.27. The fourth-order valence-electron chi connectivity index (χ4n) is 2.50. The van der Waals surface area contributed by atoms with Gasteiger partial charge in [-0.3, -0.25) is 10.1 Å². The number of hydrogen-bond acceptors (Lipinski definition) is 7. The molecule has 0 unspecified atom stereocenters. The van der Waals surface area contributed by atoms with Gasteiger partial charge in [0, 0.05) is 24.8 Å². The van der Waals surface area contributed by atoms with Gasteiger partial charge < -0.3 is 9.64 Å². The SMILES string of the molecule is COc1ncc(F)cc1CN(CCF)c1ccn2ncc([N+](=O)[O-])c2n1. The fourth-order valence-corrected chi connectivity index (χ4v) is 2.50. The molecule has 136 valence electrons. The summed E-state index contributed by atoms with van der Waals surface area (Å²) < 4.78 is 32.9. The van der Waals surface area contributed by atoms with Crippen LogP contribution in [0.2, 0.25) is 0 Å². The molecule has 0 amide bonds. The number of alkyl halides is 1. The summed E-state index contributed by atoms with van der Waals surface area (Å²) in [4.78, 5) is 20.0. The fraction of sp³-hybridized carbons (Fsp3) is 0.267. The van der Waals surface area contributed by atoms with E-state index in [-0.39, 0.29) is 36.1 Å². The predicted molar refractivity (Wildman–Crippen MR) is 87.4 cm³/mol. The minimum Gasteiger partial charge on any atom is -0.481 e. The molecule has 0 spiro atoms. The van der Waals surface area contributed by atoms with E-state index < -0.39 is 17.4 Å². The molecule has 3 aromatic rings. The maximum Gasteiger partial charge on any atom is 0.333 e. The van der Waals surface area contributed by atoms with Gasteiger partial charge in [-0.25, -0.2) is 23.3 Å². The van der Waals surface area contributed by atoms with Gasteiger partial charge in [-0.05, 0) is 12.1 Å². The lowest BCUT2D eigenvalue weighted by Gasteiger charge is -2.23. The number of ether oxygens (including phenoxy) is 1. The zero-order valence-corrected chi connectivity index (χ0v) is 13.7. The lowest BCUT2D eigenvalue weighted by atomic mass is 10.2. The van der Waals surface area contributed by atoms with Gasteiger partial charge in [-0.2, -0.15) is 5.10 Å². The molecule has 0 bridgehead atoms. The molecule has 0 saturated carbocycles. The van der Waals surface area contributed by atoms with E-state index in [1.807, 2.05) is 0 Å². The predicted octanol–water partition coefficient (Wildman–Crippen LogP) is 2.16. The first-order valence-corrected chi connectivity index (χ1v) is 7.51. The Balaban J connectivity index is 2.00. The number of rotatable bonds is 7. The van der Waals surface area contributed by atoms with Crippen LogP contribution in [0.15, 0.2) is 30.7 Å². The smallest absolute Gasteiger partial charge is 0.333 e. The van der Waals surface area contributed by atoms with Crippen molar-refractivity contribution < 1.29 is 18.4 Å². The zero-order chi connectivity index (χ0) is 18.7. The van der Waals surface area contributed by atoms with Crippen molar-refractivity contribution >= 4 is 17.2 Å². The van der Waals surface area contributed by atoms with Crippen molar-refractivity contribution in [1.82, 2.24) is 19.6 Å². The quantitative estimate of drug-likeness (QED) is 0.468. The Morgan fingerprint density at radius 1 is 1.42 bits per heavy atom. The van der Waals surface area contributed by atoms with E-state index in [0.717, 1.165) is 12.4 Å². The Kier molecular flexibility index (Phi) is 4.87. The Hall–Kier alpha value is -3.37. The number of fused-ring (bicyclic) bond motifs is 1. The Morgan fingerprint density at radius 3 is 2.92 bits per heavy atom. The summed E-state index contributed by atoms with van der Waals surface area (Å²) >= 11 is 0. The van der Waals surface area contributed by atoms with Crippen molar-refractivity contribution in [2.45, 2.75) is 6.54 Å². The molecule has 3 rings (SSSR count). The normalized spacial score (nSPS) is 10.9. The summed E-state index contributed by atoms with van der Waals surface area (Å²) in [7, 11) is 1.39. The lowest BCUT2D eigenvalue weighted by molar-refractivity contribution is -0.383. The molecule has 0 N–H and O–H groups in total. The van der Waals surface area contributed by atoms with Crippen LogP contribution in [0.4, 0.5) is 20.3 Å². The first-order chi connectivity index (χ1) is 12.5. The van der Waals surface area contributed by atoms with Crippen molar-refractivity contribution in [3.05, 3.63) is 52.2 Å². The third-order valence-electron chi connectivity index (χ3n) is 3.66. The summed E-state index contributed by atoms with van der Waals surface area (Å²) in [6, 6.07) is 2.77. The average molecular weight is 364 g/mol. The average Bonchev–Trinajstić information content (AvgIpc) is 3.05. The van der Waals surface area contributed by atoms with E-state index in [1.54, 1.807) is 6.07 Å². The Bertz CT molecular complexity index is 948. The van der Waals surface area contributed by atoms with Gasteiger partial charge in [-0.1, -0.05) is 0 Å². The molecule has 0 radical (unpaired) electrons. The van der Waals surface area contributed by atoms with Crippen LogP contribution in [0.3, 0.4) is 0 Å². The molecule has 0 aliphatic heterocycles. The highest BCUT2D eigenvalue weighted by atomic mass is 19.1. The van der Waals surface area contributed by atoms with Crippen LogP contribution >= 0.6 is 0 Å².